The highest BCUT2D eigenvalue weighted by Gasteiger charge is 2.34. The maximum Gasteiger partial charge on any atom is 0.249 e. The summed E-state index contributed by atoms with van der Waals surface area (Å²) in [4.78, 5) is 23.7. The predicted molar refractivity (Wildman–Crippen MR) is 71.3 cm³/mol. The maximum absolute atomic E-state index is 13.1. The first kappa shape index (κ1) is 15.4. The minimum absolute atomic E-state index is 0.0798. The summed E-state index contributed by atoms with van der Waals surface area (Å²) in [5.41, 5.74) is -0.0798. The summed E-state index contributed by atoms with van der Waals surface area (Å²) in [6.45, 7) is 1.35. The van der Waals surface area contributed by atoms with Gasteiger partial charge in [-0.05, 0) is 31.9 Å². The number of benzene rings is 1. The Morgan fingerprint density at radius 1 is 1.24 bits per heavy atom. The minimum atomic E-state index is -1.18. The van der Waals surface area contributed by atoms with Crippen molar-refractivity contribution >= 4 is 17.5 Å². The molecule has 1 fully saturated rings. The van der Waals surface area contributed by atoms with E-state index in [0.717, 1.165) is 25.0 Å². The number of hydrogen-bond donors (Lipinski definition) is 3. The van der Waals surface area contributed by atoms with Crippen molar-refractivity contribution in [3.8, 4) is 0 Å². The van der Waals surface area contributed by atoms with Crippen LogP contribution in [0.15, 0.2) is 18.2 Å². The van der Waals surface area contributed by atoms with E-state index in [1.807, 2.05) is 0 Å². The van der Waals surface area contributed by atoms with Gasteiger partial charge in [-0.1, -0.05) is 0 Å². The fourth-order valence-electron chi connectivity index (χ4n) is 1.87. The molecule has 3 N–H and O–H groups in total. The molecule has 0 aromatic heterocycles. The number of hydrogen-bond acceptors (Lipinski definition) is 3. The molecule has 1 aliphatic rings. The number of carbonyl (C=O) groups excluding carboxylic acids is 2. The molecule has 21 heavy (non-hydrogen) atoms. The predicted octanol–water partition coefficient (Wildman–Crippen LogP) is 1.18. The van der Waals surface area contributed by atoms with Gasteiger partial charge in [0.15, 0.2) is 0 Å². The second-order valence-corrected chi connectivity index (χ2v) is 5.15. The van der Waals surface area contributed by atoms with Crippen molar-refractivity contribution in [3.05, 3.63) is 29.8 Å². The van der Waals surface area contributed by atoms with Crippen LogP contribution in [0.4, 0.5) is 14.5 Å². The van der Waals surface area contributed by atoms with Crippen molar-refractivity contribution in [2.75, 3.05) is 5.32 Å². The smallest absolute Gasteiger partial charge is 0.249 e. The zero-order valence-corrected chi connectivity index (χ0v) is 11.4. The average molecular weight is 298 g/mol. The molecule has 2 atom stereocenters. The summed E-state index contributed by atoms with van der Waals surface area (Å²) in [6, 6.07) is 1.40. The number of carbonyl (C=O) groups is 2. The standard InChI is InChI=1S/C14H16F2N2O3/c1-7(19)12(18-13(20)8-2-3-8)14(21)17-11-5-9(15)4-10(16)6-11/h4-8,12,19H,2-3H2,1H3,(H,17,21)(H,18,20). The van der Waals surface area contributed by atoms with Crippen LogP contribution in [-0.2, 0) is 9.59 Å². The van der Waals surface area contributed by atoms with Crippen molar-refractivity contribution in [1.82, 2.24) is 5.32 Å². The number of halogens is 2. The normalized spacial score (nSPS) is 17.0. The van der Waals surface area contributed by atoms with Crippen LogP contribution >= 0.6 is 0 Å². The number of amides is 2. The molecule has 7 heteroatoms. The Morgan fingerprint density at radius 2 is 1.81 bits per heavy atom. The third-order valence-electron chi connectivity index (χ3n) is 3.14. The Hall–Kier alpha value is -2.02. The van der Waals surface area contributed by atoms with E-state index in [-0.39, 0.29) is 17.5 Å². The second-order valence-electron chi connectivity index (χ2n) is 5.15. The summed E-state index contributed by atoms with van der Waals surface area (Å²) in [5, 5.41) is 14.3. The molecule has 2 amide bonds. The molecule has 1 aromatic carbocycles. The molecule has 0 spiro atoms. The summed E-state index contributed by atoms with van der Waals surface area (Å²) in [7, 11) is 0. The van der Waals surface area contributed by atoms with Gasteiger partial charge in [0.2, 0.25) is 11.8 Å². The lowest BCUT2D eigenvalue weighted by molar-refractivity contribution is -0.129. The molecule has 2 unspecified atom stereocenters. The fourth-order valence-corrected chi connectivity index (χ4v) is 1.87. The topological polar surface area (TPSA) is 78.4 Å². The molecule has 5 nitrogen and oxygen atoms in total. The minimum Gasteiger partial charge on any atom is -0.391 e. The first-order valence-corrected chi connectivity index (χ1v) is 6.62. The molecular weight excluding hydrogens is 282 g/mol. The van der Waals surface area contributed by atoms with Crippen molar-refractivity contribution in [1.29, 1.82) is 0 Å². The Morgan fingerprint density at radius 3 is 2.29 bits per heavy atom. The lowest BCUT2D eigenvalue weighted by Gasteiger charge is -2.20. The van der Waals surface area contributed by atoms with Crippen LogP contribution in [-0.4, -0.2) is 29.1 Å². The third-order valence-corrected chi connectivity index (χ3v) is 3.14. The van der Waals surface area contributed by atoms with Gasteiger partial charge in [-0.25, -0.2) is 8.78 Å². The lowest BCUT2D eigenvalue weighted by Crippen LogP contribution is -2.50. The van der Waals surface area contributed by atoms with Crippen LogP contribution < -0.4 is 10.6 Å². The molecular formula is C14H16F2N2O3. The Kier molecular flexibility index (Phi) is 4.52. The lowest BCUT2D eigenvalue weighted by atomic mass is 10.1. The van der Waals surface area contributed by atoms with Crippen LogP contribution in [0.5, 0.6) is 0 Å². The van der Waals surface area contributed by atoms with Gasteiger partial charge < -0.3 is 15.7 Å². The number of rotatable bonds is 5. The van der Waals surface area contributed by atoms with Crippen molar-refractivity contribution in [2.45, 2.75) is 31.9 Å². The highest BCUT2D eigenvalue weighted by molar-refractivity contribution is 5.98. The number of nitrogens with one attached hydrogen (secondary N) is 2. The molecule has 0 aliphatic heterocycles. The highest BCUT2D eigenvalue weighted by Crippen LogP contribution is 2.29. The van der Waals surface area contributed by atoms with Crippen LogP contribution in [0.1, 0.15) is 19.8 Å². The Bertz CT molecular complexity index is 539. The van der Waals surface area contributed by atoms with E-state index in [1.165, 1.54) is 6.92 Å². The van der Waals surface area contributed by atoms with Crippen molar-refractivity contribution in [3.63, 3.8) is 0 Å². The van der Waals surface area contributed by atoms with Gasteiger partial charge in [0.25, 0.3) is 0 Å². The zero-order valence-electron chi connectivity index (χ0n) is 11.4. The van der Waals surface area contributed by atoms with Crippen LogP contribution in [0.3, 0.4) is 0 Å². The van der Waals surface area contributed by atoms with E-state index in [2.05, 4.69) is 10.6 Å². The summed E-state index contributed by atoms with van der Waals surface area (Å²) in [6.07, 6.45) is 0.385. The van der Waals surface area contributed by atoms with Crippen molar-refractivity contribution < 1.29 is 23.5 Å². The van der Waals surface area contributed by atoms with E-state index in [4.69, 9.17) is 0 Å². The molecule has 1 saturated carbocycles. The Labute approximate surface area is 120 Å². The SMILES string of the molecule is CC(O)C(NC(=O)C1CC1)C(=O)Nc1cc(F)cc(F)c1. The molecule has 1 aromatic rings. The quantitative estimate of drug-likeness (QED) is 0.764. The maximum atomic E-state index is 13.1. The van der Waals surface area contributed by atoms with Gasteiger partial charge in [0.1, 0.15) is 17.7 Å². The van der Waals surface area contributed by atoms with Gasteiger partial charge in [0.05, 0.1) is 6.10 Å². The van der Waals surface area contributed by atoms with E-state index in [1.54, 1.807) is 0 Å². The third kappa shape index (κ3) is 4.22. The molecule has 2 rings (SSSR count). The monoisotopic (exact) mass is 298 g/mol. The van der Waals surface area contributed by atoms with Gasteiger partial charge in [-0.3, -0.25) is 9.59 Å². The highest BCUT2D eigenvalue weighted by atomic mass is 19.1. The molecule has 0 heterocycles. The van der Waals surface area contributed by atoms with Crippen LogP contribution in [0.2, 0.25) is 0 Å². The fraction of sp³-hybridized carbons (Fsp3) is 0.429. The van der Waals surface area contributed by atoms with Crippen LogP contribution in [0.25, 0.3) is 0 Å². The first-order chi connectivity index (χ1) is 9.86. The molecule has 0 radical (unpaired) electrons. The van der Waals surface area contributed by atoms with Gasteiger partial charge in [-0.2, -0.15) is 0 Å². The largest absolute Gasteiger partial charge is 0.391 e. The summed E-state index contributed by atoms with van der Waals surface area (Å²) < 4.78 is 26.1. The number of anilines is 1. The Balaban J connectivity index is 2.05. The molecule has 0 saturated heterocycles. The van der Waals surface area contributed by atoms with Crippen molar-refractivity contribution in [2.24, 2.45) is 5.92 Å². The van der Waals surface area contributed by atoms with E-state index >= 15 is 0 Å². The first-order valence-electron chi connectivity index (χ1n) is 6.62. The van der Waals surface area contributed by atoms with E-state index in [0.29, 0.717) is 6.07 Å². The molecule has 1 aliphatic carbocycles. The molecule has 114 valence electrons. The number of aliphatic hydroxyl groups excluding tert-OH is 1. The van der Waals surface area contributed by atoms with E-state index < -0.39 is 29.7 Å². The van der Waals surface area contributed by atoms with E-state index in [9.17, 15) is 23.5 Å². The zero-order chi connectivity index (χ0) is 15.6. The summed E-state index contributed by atoms with van der Waals surface area (Å²) in [5.74, 6) is -2.82. The average Bonchev–Trinajstić information content (AvgIpc) is 3.17. The van der Waals surface area contributed by atoms with Gasteiger partial charge in [0, 0.05) is 17.7 Å². The molecule has 0 bridgehead atoms. The van der Waals surface area contributed by atoms with Gasteiger partial charge >= 0.3 is 0 Å². The van der Waals surface area contributed by atoms with Gasteiger partial charge in [-0.15, -0.1) is 0 Å². The second kappa shape index (κ2) is 6.17. The summed E-state index contributed by atoms with van der Waals surface area (Å²) >= 11 is 0. The number of aliphatic hydroxyl groups is 1. The van der Waals surface area contributed by atoms with Crippen LogP contribution in [0, 0.1) is 17.6 Å².